The van der Waals surface area contributed by atoms with E-state index in [4.69, 9.17) is 4.74 Å². The van der Waals surface area contributed by atoms with Crippen molar-refractivity contribution in [1.82, 2.24) is 19.9 Å². The third kappa shape index (κ3) is 3.85. The third-order valence-corrected chi connectivity index (χ3v) is 5.12. The van der Waals surface area contributed by atoms with Crippen molar-refractivity contribution in [3.05, 3.63) is 35.7 Å². The summed E-state index contributed by atoms with van der Waals surface area (Å²) in [7, 11) is 0. The summed E-state index contributed by atoms with van der Waals surface area (Å²) < 4.78 is 7.25. The lowest BCUT2D eigenvalue weighted by atomic mass is 9.90. The van der Waals surface area contributed by atoms with Gasteiger partial charge in [0.15, 0.2) is 5.69 Å². The summed E-state index contributed by atoms with van der Waals surface area (Å²) in [6, 6.07) is 7.04. The van der Waals surface area contributed by atoms with E-state index in [2.05, 4.69) is 10.3 Å². The number of aromatic nitrogens is 3. The van der Waals surface area contributed by atoms with Gasteiger partial charge in [0, 0.05) is 12.6 Å². The maximum Gasteiger partial charge on any atom is 0.308 e. The van der Waals surface area contributed by atoms with Crippen LogP contribution < -0.4 is 4.74 Å². The fourth-order valence-electron chi connectivity index (χ4n) is 3.61. The van der Waals surface area contributed by atoms with Crippen molar-refractivity contribution in [3.63, 3.8) is 0 Å². The number of carboxylic acid groups (broad SMARTS) is 1. The molecule has 2 aromatic rings. The van der Waals surface area contributed by atoms with Gasteiger partial charge < -0.3 is 14.7 Å². The van der Waals surface area contributed by atoms with E-state index >= 15 is 0 Å². The molecular weight excluding hydrogens is 360 g/mol. The first-order chi connectivity index (χ1) is 13.3. The Bertz CT molecular complexity index is 860. The van der Waals surface area contributed by atoms with Gasteiger partial charge in [-0.3, -0.25) is 9.59 Å². The van der Waals surface area contributed by atoms with Gasteiger partial charge in [-0.25, -0.2) is 4.68 Å². The summed E-state index contributed by atoms with van der Waals surface area (Å²) in [5, 5.41) is 17.6. The smallest absolute Gasteiger partial charge is 0.308 e. The highest BCUT2D eigenvalue weighted by molar-refractivity contribution is 5.94. The van der Waals surface area contributed by atoms with Crippen LogP contribution in [0.3, 0.4) is 0 Å². The van der Waals surface area contributed by atoms with Gasteiger partial charge in [0.1, 0.15) is 5.75 Å². The molecule has 0 unspecified atom stereocenters. The molecular formula is C20H26N4O4. The van der Waals surface area contributed by atoms with Crippen molar-refractivity contribution >= 4 is 11.9 Å². The minimum absolute atomic E-state index is 0.0874. The molecule has 1 aliphatic rings. The number of carbonyl (C=O) groups is 2. The fraction of sp³-hybridized carbons (Fsp3) is 0.500. The van der Waals surface area contributed by atoms with E-state index in [0.717, 1.165) is 11.4 Å². The van der Waals surface area contributed by atoms with Gasteiger partial charge in [-0.2, -0.15) is 0 Å². The van der Waals surface area contributed by atoms with Crippen molar-refractivity contribution < 1.29 is 19.4 Å². The predicted octanol–water partition coefficient (Wildman–Crippen LogP) is 2.69. The minimum atomic E-state index is -0.867. The number of carboxylic acids is 1. The first-order valence-corrected chi connectivity index (χ1v) is 9.52. The van der Waals surface area contributed by atoms with E-state index in [1.165, 1.54) is 0 Å². The number of aliphatic carboxylic acids is 1. The van der Waals surface area contributed by atoms with Gasteiger partial charge in [0.25, 0.3) is 5.91 Å². The van der Waals surface area contributed by atoms with Crippen molar-refractivity contribution in [1.29, 1.82) is 0 Å². The summed E-state index contributed by atoms with van der Waals surface area (Å²) in [4.78, 5) is 26.1. The van der Waals surface area contributed by atoms with Crippen LogP contribution in [0.4, 0.5) is 0 Å². The maximum absolute atomic E-state index is 13.0. The van der Waals surface area contributed by atoms with Crippen molar-refractivity contribution in [3.8, 4) is 11.4 Å². The molecule has 0 aliphatic carbocycles. The molecule has 8 heteroatoms. The van der Waals surface area contributed by atoms with Gasteiger partial charge in [0.2, 0.25) is 0 Å². The van der Waals surface area contributed by atoms with E-state index in [-0.39, 0.29) is 23.7 Å². The molecule has 0 bridgehead atoms. The zero-order valence-corrected chi connectivity index (χ0v) is 16.6. The van der Waals surface area contributed by atoms with E-state index in [9.17, 15) is 14.7 Å². The Kier molecular flexibility index (Phi) is 5.67. The molecule has 0 saturated carbocycles. The molecule has 2 heterocycles. The molecule has 1 N–H and O–H groups in total. The minimum Gasteiger partial charge on any atom is -0.491 e. The summed E-state index contributed by atoms with van der Waals surface area (Å²) in [6.45, 7) is 8.02. The average Bonchev–Trinajstić information content (AvgIpc) is 3.02. The second-order valence-corrected chi connectivity index (χ2v) is 7.42. The van der Waals surface area contributed by atoms with E-state index < -0.39 is 11.9 Å². The van der Waals surface area contributed by atoms with Crippen LogP contribution in [0.15, 0.2) is 24.3 Å². The molecule has 1 amide bonds. The van der Waals surface area contributed by atoms with Crippen LogP contribution in [0.25, 0.3) is 5.69 Å². The molecule has 1 fully saturated rings. The number of carbonyl (C=O) groups excluding carboxylic acids is 1. The van der Waals surface area contributed by atoms with Gasteiger partial charge in [-0.1, -0.05) is 5.21 Å². The molecule has 150 valence electrons. The Hall–Kier alpha value is -2.90. The van der Waals surface area contributed by atoms with E-state index in [0.29, 0.717) is 25.1 Å². The number of hydrogen-bond acceptors (Lipinski definition) is 5. The highest BCUT2D eigenvalue weighted by Gasteiger charge is 2.37. The third-order valence-electron chi connectivity index (χ3n) is 5.12. The van der Waals surface area contributed by atoms with Gasteiger partial charge in [0.05, 0.1) is 23.4 Å². The molecule has 0 radical (unpaired) electrons. The van der Waals surface area contributed by atoms with E-state index in [1.54, 1.807) is 23.4 Å². The molecule has 28 heavy (non-hydrogen) atoms. The lowest BCUT2D eigenvalue weighted by molar-refractivity contribution is -0.144. The second-order valence-electron chi connectivity index (χ2n) is 7.42. The fourth-order valence-corrected chi connectivity index (χ4v) is 3.61. The van der Waals surface area contributed by atoms with Crippen LogP contribution in [0.5, 0.6) is 5.75 Å². The van der Waals surface area contributed by atoms with Crippen LogP contribution in [0.2, 0.25) is 0 Å². The lowest BCUT2D eigenvalue weighted by Gasteiger charge is -2.37. The SMILES string of the molecule is Cc1c(C(=O)N2CCC[C@H](C(=O)O)[C@@H]2C)nnn1-c1ccc(OC(C)C)cc1. The molecule has 1 aromatic carbocycles. The number of benzene rings is 1. The number of hydrogen-bond donors (Lipinski definition) is 1. The first-order valence-electron chi connectivity index (χ1n) is 9.52. The van der Waals surface area contributed by atoms with Crippen molar-refractivity contribution in [2.24, 2.45) is 5.92 Å². The molecule has 1 aliphatic heterocycles. The zero-order chi connectivity index (χ0) is 20.4. The Morgan fingerprint density at radius 1 is 1.25 bits per heavy atom. The quantitative estimate of drug-likeness (QED) is 0.848. The molecule has 2 atom stereocenters. The maximum atomic E-state index is 13.0. The topological polar surface area (TPSA) is 97.5 Å². The number of ether oxygens (including phenoxy) is 1. The highest BCUT2D eigenvalue weighted by Crippen LogP contribution is 2.26. The number of piperidine rings is 1. The van der Waals surface area contributed by atoms with Gasteiger partial charge >= 0.3 is 5.97 Å². The van der Waals surface area contributed by atoms with Crippen molar-refractivity contribution in [2.75, 3.05) is 6.54 Å². The molecule has 8 nitrogen and oxygen atoms in total. The average molecular weight is 386 g/mol. The van der Waals surface area contributed by atoms with Crippen LogP contribution in [-0.4, -0.2) is 55.6 Å². The molecule has 1 aromatic heterocycles. The first kappa shape index (κ1) is 19.9. The largest absolute Gasteiger partial charge is 0.491 e. The van der Waals surface area contributed by atoms with Crippen LogP contribution in [-0.2, 0) is 4.79 Å². The Morgan fingerprint density at radius 3 is 2.54 bits per heavy atom. The normalized spacial score (nSPS) is 19.7. The van der Waals surface area contributed by atoms with Gasteiger partial charge in [-0.15, -0.1) is 5.10 Å². The number of rotatable bonds is 5. The van der Waals surface area contributed by atoms with Crippen LogP contribution in [0, 0.1) is 12.8 Å². The van der Waals surface area contributed by atoms with Gasteiger partial charge in [-0.05, 0) is 64.8 Å². The number of likely N-dealkylation sites (tertiary alicyclic amines) is 1. The summed E-state index contributed by atoms with van der Waals surface area (Å²) >= 11 is 0. The molecule has 3 rings (SSSR count). The predicted molar refractivity (Wildman–Crippen MR) is 103 cm³/mol. The van der Waals surface area contributed by atoms with E-state index in [1.807, 2.05) is 38.1 Å². The standard InChI is InChI=1S/C20H26N4O4/c1-12(2)28-16-9-7-15(8-10-16)24-14(4)18(21-22-24)19(25)23-11-5-6-17(13(23)3)20(26)27/h7-10,12-13,17H,5-6,11H2,1-4H3,(H,26,27)/t13-,17-/m0/s1. The van der Waals surface area contributed by atoms with Crippen molar-refractivity contribution in [2.45, 2.75) is 52.7 Å². The summed E-state index contributed by atoms with van der Waals surface area (Å²) in [5.41, 5.74) is 1.64. The highest BCUT2D eigenvalue weighted by atomic mass is 16.5. The second kappa shape index (κ2) is 8.00. The zero-order valence-electron chi connectivity index (χ0n) is 16.6. The van der Waals surface area contributed by atoms with Crippen LogP contribution in [0.1, 0.15) is 49.8 Å². The monoisotopic (exact) mass is 386 g/mol. The number of nitrogens with zero attached hydrogens (tertiary/aromatic N) is 4. The molecule has 1 saturated heterocycles. The Balaban J connectivity index is 1.82. The molecule has 0 spiro atoms. The summed E-state index contributed by atoms with van der Waals surface area (Å²) in [5.74, 6) is -0.938. The number of amides is 1. The Morgan fingerprint density at radius 2 is 1.93 bits per heavy atom. The Labute approximate surface area is 164 Å². The van der Waals surface area contributed by atoms with Crippen LogP contribution >= 0.6 is 0 Å². The summed E-state index contributed by atoms with van der Waals surface area (Å²) in [6.07, 6.45) is 1.33. The lowest BCUT2D eigenvalue weighted by Crippen LogP contribution is -2.49.